The average molecular weight is 191 g/mol. The quantitative estimate of drug-likeness (QED) is 0.669. The monoisotopic (exact) mass is 191 g/mol. The van der Waals surface area contributed by atoms with Crippen LogP contribution in [0.15, 0.2) is 48.6 Å². The van der Waals surface area contributed by atoms with Crippen molar-refractivity contribution in [2.45, 2.75) is 12.8 Å². The largest absolute Gasteiger partial charge is 0.464 e. The van der Waals surface area contributed by atoms with Gasteiger partial charge in [-0.2, -0.15) is 0 Å². The first-order chi connectivity index (χ1) is 6.88. The Hall–Kier alpha value is -1.64. The highest BCUT2D eigenvalue weighted by Crippen LogP contribution is 2.21. The summed E-state index contributed by atoms with van der Waals surface area (Å²) in [6.07, 6.45) is 13.1. The van der Waals surface area contributed by atoms with E-state index in [1.807, 2.05) is 11.9 Å². The molecule has 0 aromatic heterocycles. The maximum absolute atomic E-state index is 5.31. The Labute approximate surface area is 83.6 Å². The molecule has 3 nitrogen and oxygen atoms in total. The summed E-state index contributed by atoms with van der Waals surface area (Å²) in [6.45, 7) is 0. The van der Waals surface area contributed by atoms with Crippen LogP contribution in [-0.4, -0.2) is 11.9 Å². The number of nitrogens with zero attached hydrogens (tertiary/aromatic N) is 1. The van der Waals surface area contributed by atoms with Crippen LogP contribution < -0.4 is 0 Å². The minimum Gasteiger partial charge on any atom is -0.464 e. The maximum atomic E-state index is 5.31. The van der Waals surface area contributed by atoms with Crippen molar-refractivity contribution in [1.82, 2.24) is 4.90 Å². The van der Waals surface area contributed by atoms with E-state index in [1.165, 1.54) is 18.2 Å². The van der Waals surface area contributed by atoms with E-state index in [9.17, 15) is 0 Å². The van der Waals surface area contributed by atoms with Gasteiger partial charge in [0, 0.05) is 12.7 Å². The van der Waals surface area contributed by atoms with Crippen molar-refractivity contribution in [2.75, 3.05) is 7.05 Å². The molecule has 74 valence electrons. The maximum Gasteiger partial charge on any atom is 0.234 e. The molecule has 1 heterocycles. The van der Waals surface area contributed by atoms with Gasteiger partial charge in [-0.05, 0) is 18.9 Å². The lowest BCUT2D eigenvalue weighted by Crippen LogP contribution is -2.19. The van der Waals surface area contributed by atoms with Gasteiger partial charge in [-0.3, -0.25) is 0 Å². The topological polar surface area (TPSA) is 21.7 Å². The van der Waals surface area contributed by atoms with Gasteiger partial charge in [0.2, 0.25) is 5.88 Å². The molecule has 0 saturated heterocycles. The van der Waals surface area contributed by atoms with E-state index in [4.69, 9.17) is 9.47 Å². The first-order valence-corrected chi connectivity index (χ1v) is 4.64. The Morgan fingerprint density at radius 3 is 2.93 bits per heavy atom. The molecule has 14 heavy (non-hydrogen) atoms. The van der Waals surface area contributed by atoms with Crippen molar-refractivity contribution in [3.8, 4) is 0 Å². The Bertz CT molecular complexity index is 326. The minimum absolute atomic E-state index is 0.717. The van der Waals surface area contributed by atoms with Gasteiger partial charge in [0.1, 0.15) is 12.5 Å². The van der Waals surface area contributed by atoms with Crippen LogP contribution in [0, 0.1) is 0 Å². The molecule has 0 fully saturated rings. The van der Waals surface area contributed by atoms with E-state index in [0.717, 1.165) is 12.8 Å². The number of ether oxygens (including phenoxy) is 2. The molecule has 0 amide bonds. The van der Waals surface area contributed by atoms with Crippen LogP contribution in [0.3, 0.4) is 0 Å². The normalized spacial score (nSPS) is 19.2. The van der Waals surface area contributed by atoms with Gasteiger partial charge in [0.05, 0.1) is 0 Å². The van der Waals surface area contributed by atoms with E-state index >= 15 is 0 Å². The zero-order valence-corrected chi connectivity index (χ0v) is 8.14. The molecule has 0 N–H and O–H groups in total. The molecule has 0 bridgehead atoms. The third-order valence-electron chi connectivity index (χ3n) is 2.25. The van der Waals surface area contributed by atoms with Crippen molar-refractivity contribution in [3.63, 3.8) is 0 Å². The van der Waals surface area contributed by atoms with Crippen LogP contribution in [0.1, 0.15) is 12.8 Å². The Balaban J connectivity index is 2.07. The summed E-state index contributed by atoms with van der Waals surface area (Å²) in [5, 5.41) is 0. The molecule has 2 rings (SSSR count). The highest BCUT2D eigenvalue weighted by atomic mass is 16.5. The molecule has 0 aromatic carbocycles. The van der Waals surface area contributed by atoms with Crippen LogP contribution in [-0.2, 0) is 9.47 Å². The van der Waals surface area contributed by atoms with Crippen LogP contribution in [0.4, 0.5) is 0 Å². The Morgan fingerprint density at radius 1 is 1.36 bits per heavy atom. The molecule has 1 aliphatic heterocycles. The summed E-state index contributed by atoms with van der Waals surface area (Å²) in [6, 6.07) is 0. The van der Waals surface area contributed by atoms with Crippen molar-refractivity contribution >= 4 is 0 Å². The van der Waals surface area contributed by atoms with Gasteiger partial charge in [-0.1, -0.05) is 12.2 Å². The summed E-state index contributed by atoms with van der Waals surface area (Å²) in [5.74, 6) is 0.717. The highest BCUT2D eigenvalue weighted by molar-refractivity contribution is 5.19. The number of hydrogen-bond acceptors (Lipinski definition) is 3. The van der Waals surface area contributed by atoms with Crippen molar-refractivity contribution < 1.29 is 9.47 Å². The van der Waals surface area contributed by atoms with E-state index in [0.29, 0.717) is 5.88 Å². The fourth-order valence-corrected chi connectivity index (χ4v) is 1.42. The number of hydrogen-bond donors (Lipinski definition) is 0. The van der Waals surface area contributed by atoms with Crippen LogP contribution in [0.25, 0.3) is 0 Å². The fourth-order valence-electron chi connectivity index (χ4n) is 1.42. The summed E-state index contributed by atoms with van der Waals surface area (Å²) >= 11 is 0. The first kappa shape index (κ1) is 8.94. The van der Waals surface area contributed by atoms with Gasteiger partial charge in [-0.25, -0.2) is 0 Å². The van der Waals surface area contributed by atoms with Crippen molar-refractivity contribution in [3.05, 3.63) is 48.6 Å². The highest BCUT2D eigenvalue weighted by Gasteiger charge is 2.13. The van der Waals surface area contributed by atoms with Gasteiger partial charge in [0.25, 0.3) is 0 Å². The number of rotatable bonds is 2. The fraction of sp³-hybridized carbons (Fsp3) is 0.273. The molecular formula is C11H13NO2. The Morgan fingerprint density at radius 2 is 2.29 bits per heavy atom. The number of allylic oxidation sites excluding steroid dienone is 4. The van der Waals surface area contributed by atoms with Crippen molar-refractivity contribution in [2.24, 2.45) is 0 Å². The lowest BCUT2D eigenvalue weighted by Gasteiger charge is -2.25. The summed E-state index contributed by atoms with van der Waals surface area (Å²) in [7, 11) is 1.97. The lowest BCUT2D eigenvalue weighted by molar-refractivity contribution is 0.180. The molecule has 2 aliphatic rings. The van der Waals surface area contributed by atoms with Gasteiger partial charge in [-0.15, -0.1) is 0 Å². The van der Waals surface area contributed by atoms with Crippen LogP contribution >= 0.6 is 0 Å². The molecule has 3 heteroatoms. The zero-order valence-electron chi connectivity index (χ0n) is 8.14. The molecule has 1 aliphatic carbocycles. The summed E-state index contributed by atoms with van der Waals surface area (Å²) < 4.78 is 10.3. The second kappa shape index (κ2) is 4.05. The second-order valence-electron chi connectivity index (χ2n) is 3.17. The molecule has 0 radical (unpaired) electrons. The van der Waals surface area contributed by atoms with E-state index in [1.54, 1.807) is 6.26 Å². The van der Waals surface area contributed by atoms with E-state index in [-0.39, 0.29) is 0 Å². The SMILES string of the molecule is CN(C1=CC=CCC1)C1=COC=CO1. The predicted octanol–water partition coefficient (Wildman–Crippen LogP) is 2.47. The Kier molecular flexibility index (Phi) is 2.58. The summed E-state index contributed by atoms with van der Waals surface area (Å²) in [5.41, 5.74) is 1.23. The first-order valence-electron chi connectivity index (χ1n) is 4.64. The van der Waals surface area contributed by atoms with Gasteiger partial charge in [0.15, 0.2) is 6.26 Å². The van der Waals surface area contributed by atoms with E-state index in [2.05, 4.69) is 18.2 Å². The van der Waals surface area contributed by atoms with Gasteiger partial charge < -0.3 is 14.4 Å². The molecule has 0 unspecified atom stereocenters. The van der Waals surface area contributed by atoms with Gasteiger partial charge >= 0.3 is 0 Å². The summed E-state index contributed by atoms with van der Waals surface area (Å²) in [4.78, 5) is 1.99. The standard InChI is InChI=1S/C11H13NO2/c1-12(10-5-3-2-4-6-10)11-9-13-7-8-14-11/h2-3,5,7-9H,4,6H2,1H3. The molecule has 0 aromatic rings. The molecule has 0 saturated carbocycles. The smallest absolute Gasteiger partial charge is 0.234 e. The minimum atomic E-state index is 0.717. The molecule has 0 spiro atoms. The molecule has 0 atom stereocenters. The predicted molar refractivity (Wildman–Crippen MR) is 53.6 cm³/mol. The molecular weight excluding hydrogens is 178 g/mol. The van der Waals surface area contributed by atoms with E-state index < -0.39 is 0 Å². The average Bonchev–Trinajstić information content (AvgIpc) is 2.30. The lowest BCUT2D eigenvalue weighted by atomic mass is 10.1. The van der Waals surface area contributed by atoms with Crippen molar-refractivity contribution in [1.29, 1.82) is 0 Å². The third-order valence-corrected chi connectivity index (χ3v) is 2.25. The second-order valence-corrected chi connectivity index (χ2v) is 3.17. The van der Waals surface area contributed by atoms with Crippen LogP contribution in [0.5, 0.6) is 0 Å². The zero-order chi connectivity index (χ0) is 9.80. The van der Waals surface area contributed by atoms with Crippen LogP contribution in [0.2, 0.25) is 0 Å². The third kappa shape index (κ3) is 1.82.